The molecule has 1 atom stereocenters. The van der Waals surface area contributed by atoms with E-state index in [1.165, 1.54) is 46.1 Å². The van der Waals surface area contributed by atoms with Gasteiger partial charge in [0, 0.05) is 26.2 Å². The Labute approximate surface area is 175 Å². The number of amides is 1. The number of hydrogen-bond donors (Lipinski definition) is 1. The third-order valence-corrected chi connectivity index (χ3v) is 8.54. The highest BCUT2D eigenvalue weighted by Gasteiger charge is 2.33. The van der Waals surface area contributed by atoms with Gasteiger partial charge in [-0.15, -0.1) is 0 Å². The van der Waals surface area contributed by atoms with Gasteiger partial charge in [-0.2, -0.15) is 16.1 Å². The van der Waals surface area contributed by atoms with Crippen LogP contribution in [-0.4, -0.2) is 81.9 Å². The van der Waals surface area contributed by atoms with E-state index in [9.17, 15) is 26.0 Å². The van der Waals surface area contributed by atoms with Crippen LogP contribution in [0.5, 0.6) is 0 Å². The topological polar surface area (TPSA) is 104 Å². The number of sulfonamides is 2. The predicted molar refractivity (Wildman–Crippen MR) is 111 cm³/mol. The summed E-state index contributed by atoms with van der Waals surface area (Å²) < 4.78 is 66.2. The van der Waals surface area contributed by atoms with Crippen LogP contribution in [0.1, 0.15) is 13.3 Å². The number of benzene rings is 1. The number of halogens is 1. The third kappa shape index (κ3) is 6.38. The number of piperazine rings is 1. The molecular weight excluding hydrogens is 441 g/mol. The fraction of sp³-hybridized carbons (Fsp3) is 0.588. The lowest BCUT2D eigenvalue weighted by atomic mass is 10.2. The second kappa shape index (κ2) is 10.2. The van der Waals surface area contributed by atoms with Crippen molar-refractivity contribution in [3.05, 3.63) is 30.1 Å². The van der Waals surface area contributed by atoms with Crippen LogP contribution in [0.15, 0.2) is 29.2 Å². The normalized spacial score (nSPS) is 17.3. The molecule has 12 heteroatoms. The summed E-state index contributed by atoms with van der Waals surface area (Å²) in [6, 6.07) is 3.91. The second-order valence-corrected chi connectivity index (χ2v) is 11.5. The Balaban J connectivity index is 2.06. The van der Waals surface area contributed by atoms with E-state index in [0.29, 0.717) is 12.2 Å². The molecule has 1 heterocycles. The van der Waals surface area contributed by atoms with Crippen molar-refractivity contribution < 1.29 is 26.0 Å². The van der Waals surface area contributed by atoms with Gasteiger partial charge in [0.15, 0.2) is 0 Å². The fourth-order valence-electron chi connectivity index (χ4n) is 2.91. The first-order valence-corrected chi connectivity index (χ1v) is 13.6. The molecular formula is C17H26FN3O5S3. The highest BCUT2D eigenvalue weighted by Crippen LogP contribution is 2.19. The summed E-state index contributed by atoms with van der Waals surface area (Å²) >= 11 is 1.51. The largest absolute Gasteiger partial charge is 0.339 e. The zero-order chi connectivity index (χ0) is 21.7. The molecule has 8 nitrogen and oxygen atoms in total. The van der Waals surface area contributed by atoms with Crippen molar-refractivity contribution in [1.82, 2.24) is 13.9 Å². The molecule has 1 aromatic carbocycles. The van der Waals surface area contributed by atoms with Gasteiger partial charge in [-0.1, -0.05) is 6.07 Å². The molecule has 1 saturated heterocycles. The molecule has 1 amide bonds. The summed E-state index contributed by atoms with van der Waals surface area (Å²) in [7, 11) is -7.42. The van der Waals surface area contributed by atoms with E-state index in [0.717, 1.165) is 6.07 Å². The van der Waals surface area contributed by atoms with Crippen LogP contribution in [0.3, 0.4) is 0 Å². The van der Waals surface area contributed by atoms with E-state index >= 15 is 0 Å². The molecule has 2 rings (SSSR count). The maximum Gasteiger partial charge on any atom is 0.243 e. The van der Waals surface area contributed by atoms with E-state index < -0.39 is 31.9 Å². The van der Waals surface area contributed by atoms with Crippen LogP contribution in [0, 0.1) is 5.82 Å². The molecule has 1 fully saturated rings. The van der Waals surface area contributed by atoms with Gasteiger partial charge < -0.3 is 4.90 Å². The van der Waals surface area contributed by atoms with E-state index in [2.05, 4.69) is 4.72 Å². The Morgan fingerprint density at radius 3 is 2.41 bits per heavy atom. The van der Waals surface area contributed by atoms with Crippen LogP contribution in [0.25, 0.3) is 0 Å². The maximum atomic E-state index is 13.4. The van der Waals surface area contributed by atoms with Crippen LogP contribution in [0.4, 0.5) is 4.39 Å². The number of nitrogens with zero attached hydrogens (tertiary/aromatic N) is 2. The summed E-state index contributed by atoms with van der Waals surface area (Å²) in [5, 5.41) is 0. The van der Waals surface area contributed by atoms with Crippen molar-refractivity contribution in [1.29, 1.82) is 0 Å². The summed E-state index contributed by atoms with van der Waals surface area (Å²) in [4.78, 5) is 14.2. The SMILES string of the molecule is CCS(=O)(=O)NC(CCSC)C(=O)N1CCN(S(=O)(=O)c2cccc(F)c2)CC1. The molecule has 0 aliphatic carbocycles. The number of rotatable bonds is 9. The highest BCUT2D eigenvalue weighted by molar-refractivity contribution is 7.98. The summed E-state index contributed by atoms with van der Waals surface area (Å²) in [5.41, 5.74) is 0. The van der Waals surface area contributed by atoms with Gasteiger partial charge in [-0.3, -0.25) is 4.79 Å². The molecule has 1 aliphatic heterocycles. The standard InChI is InChI=1S/C17H26FN3O5S3/c1-3-28(23,24)19-16(7-12-27-2)17(22)20-8-10-21(11-9-20)29(25,26)15-6-4-5-14(18)13-15/h4-6,13,16,19H,3,7-12H2,1-2H3. The first-order valence-electron chi connectivity index (χ1n) is 9.14. The molecule has 1 N–H and O–H groups in total. The lowest BCUT2D eigenvalue weighted by Crippen LogP contribution is -2.56. The molecule has 0 saturated carbocycles. The maximum absolute atomic E-state index is 13.4. The summed E-state index contributed by atoms with van der Waals surface area (Å²) in [5.74, 6) is -0.523. The first kappa shape index (κ1) is 24.1. The van der Waals surface area contributed by atoms with Crippen molar-refractivity contribution in [2.45, 2.75) is 24.3 Å². The van der Waals surface area contributed by atoms with E-state index in [4.69, 9.17) is 0 Å². The Kier molecular flexibility index (Phi) is 8.47. The Morgan fingerprint density at radius 1 is 1.21 bits per heavy atom. The number of nitrogens with one attached hydrogen (secondary N) is 1. The average Bonchev–Trinajstić information content (AvgIpc) is 2.70. The summed E-state index contributed by atoms with van der Waals surface area (Å²) in [6.07, 6.45) is 2.22. The molecule has 0 spiro atoms. The van der Waals surface area contributed by atoms with E-state index in [-0.39, 0.29) is 42.7 Å². The minimum atomic E-state index is -3.86. The van der Waals surface area contributed by atoms with Crippen molar-refractivity contribution in [2.75, 3.05) is 43.9 Å². The van der Waals surface area contributed by atoms with Gasteiger partial charge >= 0.3 is 0 Å². The smallest absolute Gasteiger partial charge is 0.243 e. The van der Waals surface area contributed by atoms with E-state index in [1.54, 1.807) is 0 Å². The van der Waals surface area contributed by atoms with Crippen molar-refractivity contribution in [3.8, 4) is 0 Å². The van der Waals surface area contributed by atoms with Crippen LogP contribution in [0.2, 0.25) is 0 Å². The lowest BCUT2D eigenvalue weighted by molar-refractivity contribution is -0.134. The van der Waals surface area contributed by atoms with Crippen molar-refractivity contribution >= 4 is 37.7 Å². The van der Waals surface area contributed by atoms with Crippen molar-refractivity contribution in [3.63, 3.8) is 0 Å². The Hall–Kier alpha value is -1.21. The molecule has 164 valence electrons. The number of carbonyl (C=O) groups is 1. The van der Waals surface area contributed by atoms with Crippen molar-refractivity contribution in [2.24, 2.45) is 0 Å². The van der Waals surface area contributed by atoms with Gasteiger partial charge in [-0.05, 0) is 43.6 Å². The van der Waals surface area contributed by atoms with Gasteiger partial charge in [0.1, 0.15) is 11.9 Å². The Bertz CT molecular complexity index is 916. The molecule has 1 unspecified atom stereocenters. The van der Waals surface area contributed by atoms with Crippen LogP contribution < -0.4 is 4.72 Å². The zero-order valence-electron chi connectivity index (χ0n) is 16.4. The molecule has 0 aromatic heterocycles. The van der Waals surface area contributed by atoms with Gasteiger partial charge in [0.05, 0.1) is 10.6 Å². The lowest BCUT2D eigenvalue weighted by Gasteiger charge is -2.35. The number of thioether (sulfide) groups is 1. The Morgan fingerprint density at radius 2 is 1.86 bits per heavy atom. The van der Waals surface area contributed by atoms with Gasteiger partial charge in [-0.25, -0.2) is 25.9 Å². The van der Waals surface area contributed by atoms with Crippen LogP contribution in [-0.2, 0) is 24.8 Å². The number of carbonyl (C=O) groups excluding carboxylic acids is 1. The number of hydrogen-bond acceptors (Lipinski definition) is 6. The van der Waals surface area contributed by atoms with Gasteiger partial charge in [0.2, 0.25) is 26.0 Å². The van der Waals surface area contributed by atoms with Gasteiger partial charge in [0.25, 0.3) is 0 Å². The first-order chi connectivity index (χ1) is 13.6. The second-order valence-electron chi connectivity index (χ2n) is 6.54. The molecule has 1 aromatic rings. The predicted octanol–water partition coefficient (Wildman–Crippen LogP) is 0.720. The average molecular weight is 468 g/mol. The quantitative estimate of drug-likeness (QED) is 0.574. The minimum absolute atomic E-state index is 0.0559. The fourth-order valence-corrected chi connectivity index (χ4v) is 5.66. The van der Waals surface area contributed by atoms with E-state index in [1.807, 2.05) is 6.26 Å². The minimum Gasteiger partial charge on any atom is -0.339 e. The third-order valence-electron chi connectivity index (χ3n) is 4.59. The van der Waals surface area contributed by atoms with Crippen LogP contribution >= 0.6 is 11.8 Å². The molecule has 29 heavy (non-hydrogen) atoms. The zero-order valence-corrected chi connectivity index (χ0v) is 18.8. The molecule has 1 aliphatic rings. The highest BCUT2D eigenvalue weighted by atomic mass is 32.2. The monoisotopic (exact) mass is 467 g/mol. The molecule has 0 radical (unpaired) electrons. The molecule has 0 bridgehead atoms. The summed E-state index contributed by atoms with van der Waals surface area (Å²) in [6.45, 7) is 1.88.